The zero-order chi connectivity index (χ0) is 16.3. The lowest BCUT2D eigenvalue weighted by atomic mass is 10.1. The topological polar surface area (TPSA) is 61.6 Å². The lowest BCUT2D eigenvalue weighted by Crippen LogP contribution is -2.45. The number of carbonyl (C=O) groups excluding carboxylic acids is 1. The first-order valence-corrected chi connectivity index (χ1v) is 8.69. The SMILES string of the molecule is CCN1CCN(Cc2ccccc2CNC(=O)C2(N)CC2)CC1. The Balaban J connectivity index is 1.56. The van der Waals surface area contributed by atoms with Crippen molar-refractivity contribution < 1.29 is 4.79 Å². The third kappa shape index (κ3) is 4.10. The molecule has 2 fully saturated rings. The molecule has 1 heterocycles. The van der Waals surface area contributed by atoms with Gasteiger partial charge in [-0.2, -0.15) is 0 Å². The second-order valence-electron chi connectivity index (χ2n) is 6.82. The summed E-state index contributed by atoms with van der Waals surface area (Å²) in [6, 6.07) is 8.39. The Kier molecular flexibility index (Phi) is 4.99. The van der Waals surface area contributed by atoms with Gasteiger partial charge >= 0.3 is 0 Å². The Hall–Kier alpha value is -1.43. The van der Waals surface area contributed by atoms with Crippen molar-refractivity contribution in [3.8, 4) is 0 Å². The van der Waals surface area contributed by atoms with Gasteiger partial charge in [0.1, 0.15) is 0 Å². The first-order chi connectivity index (χ1) is 11.1. The Labute approximate surface area is 138 Å². The number of likely N-dealkylation sites (N-methyl/N-ethyl adjacent to an activating group) is 1. The van der Waals surface area contributed by atoms with E-state index in [1.807, 2.05) is 6.07 Å². The van der Waals surface area contributed by atoms with Gasteiger partial charge < -0.3 is 16.0 Å². The van der Waals surface area contributed by atoms with Crippen molar-refractivity contribution in [2.75, 3.05) is 32.7 Å². The van der Waals surface area contributed by atoms with Crippen molar-refractivity contribution in [1.29, 1.82) is 0 Å². The molecule has 0 spiro atoms. The summed E-state index contributed by atoms with van der Waals surface area (Å²) in [5.74, 6) is -0.0103. The zero-order valence-electron chi connectivity index (χ0n) is 14.1. The molecular formula is C18H28N4O. The first-order valence-electron chi connectivity index (χ1n) is 8.69. The number of nitrogens with two attached hydrogens (primary N) is 1. The molecule has 5 nitrogen and oxygen atoms in total. The third-order valence-electron chi connectivity index (χ3n) is 5.10. The van der Waals surface area contributed by atoms with Crippen LogP contribution >= 0.6 is 0 Å². The van der Waals surface area contributed by atoms with E-state index in [4.69, 9.17) is 5.73 Å². The first kappa shape index (κ1) is 16.4. The van der Waals surface area contributed by atoms with E-state index in [0.717, 1.165) is 52.1 Å². The van der Waals surface area contributed by atoms with Gasteiger partial charge in [-0.1, -0.05) is 31.2 Å². The van der Waals surface area contributed by atoms with Crippen molar-refractivity contribution in [3.63, 3.8) is 0 Å². The molecule has 1 amide bonds. The number of benzene rings is 1. The van der Waals surface area contributed by atoms with Crippen molar-refractivity contribution in [2.45, 2.75) is 38.4 Å². The normalized spacial score (nSPS) is 21.1. The lowest BCUT2D eigenvalue weighted by molar-refractivity contribution is -0.123. The molecule has 1 aromatic rings. The van der Waals surface area contributed by atoms with Crippen LogP contribution in [0.2, 0.25) is 0 Å². The quantitative estimate of drug-likeness (QED) is 0.820. The molecule has 3 rings (SSSR count). The molecule has 1 aliphatic heterocycles. The van der Waals surface area contributed by atoms with Gasteiger partial charge in [0.2, 0.25) is 5.91 Å². The van der Waals surface area contributed by atoms with Crippen LogP contribution in [-0.4, -0.2) is 54.0 Å². The lowest BCUT2D eigenvalue weighted by Gasteiger charge is -2.34. The summed E-state index contributed by atoms with van der Waals surface area (Å²) in [4.78, 5) is 17.0. The van der Waals surface area contributed by atoms with Gasteiger partial charge in [-0.3, -0.25) is 9.69 Å². The summed E-state index contributed by atoms with van der Waals surface area (Å²) in [6.45, 7) is 9.40. The largest absolute Gasteiger partial charge is 0.350 e. The molecule has 1 aliphatic carbocycles. The van der Waals surface area contributed by atoms with Gasteiger partial charge in [-0.15, -0.1) is 0 Å². The molecule has 23 heavy (non-hydrogen) atoms. The minimum absolute atomic E-state index is 0.0103. The molecule has 3 N–H and O–H groups in total. The van der Waals surface area contributed by atoms with Crippen LogP contribution in [0.5, 0.6) is 0 Å². The maximum atomic E-state index is 12.0. The number of hydrogen-bond donors (Lipinski definition) is 2. The fourth-order valence-corrected chi connectivity index (χ4v) is 3.10. The molecule has 1 aromatic carbocycles. The molecule has 0 bridgehead atoms. The number of nitrogens with one attached hydrogen (secondary N) is 1. The Morgan fingerprint density at radius 3 is 2.35 bits per heavy atom. The second-order valence-corrected chi connectivity index (χ2v) is 6.82. The van der Waals surface area contributed by atoms with Crippen LogP contribution < -0.4 is 11.1 Å². The molecule has 2 aliphatic rings. The van der Waals surface area contributed by atoms with Gasteiger partial charge in [-0.05, 0) is 30.5 Å². The highest BCUT2D eigenvalue weighted by Gasteiger charge is 2.45. The predicted molar refractivity (Wildman–Crippen MR) is 91.8 cm³/mol. The monoisotopic (exact) mass is 316 g/mol. The Morgan fingerprint density at radius 1 is 1.13 bits per heavy atom. The predicted octanol–water partition coefficient (Wildman–Crippen LogP) is 0.932. The summed E-state index contributed by atoms with van der Waals surface area (Å²) in [6.07, 6.45) is 1.62. The van der Waals surface area contributed by atoms with Gasteiger partial charge in [0, 0.05) is 39.3 Å². The molecule has 0 atom stereocenters. The van der Waals surface area contributed by atoms with Crippen LogP contribution in [0.3, 0.4) is 0 Å². The van der Waals surface area contributed by atoms with E-state index in [9.17, 15) is 4.79 Å². The van der Waals surface area contributed by atoms with E-state index in [1.54, 1.807) is 0 Å². The highest BCUT2D eigenvalue weighted by molar-refractivity contribution is 5.88. The highest BCUT2D eigenvalue weighted by Crippen LogP contribution is 2.32. The molecule has 5 heteroatoms. The average molecular weight is 316 g/mol. The Bertz CT molecular complexity index is 548. The van der Waals surface area contributed by atoms with Crippen LogP contribution in [-0.2, 0) is 17.9 Å². The summed E-state index contributed by atoms with van der Waals surface area (Å²) in [5, 5.41) is 3.00. The van der Waals surface area contributed by atoms with Gasteiger partial charge in [0.25, 0.3) is 0 Å². The molecule has 126 valence electrons. The maximum Gasteiger partial charge on any atom is 0.240 e. The van der Waals surface area contributed by atoms with Gasteiger partial charge in [0.15, 0.2) is 0 Å². The minimum atomic E-state index is -0.592. The van der Waals surface area contributed by atoms with Crippen LogP contribution in [0.1, 0.15) is 30.9 Å². The highest BCUT2D eigenvalue weighted by atomic mass is 16.2. The standard InChI is InChI=1S/C18H28N4O/c1-2-21-9-11-22(12-10-21)14-16-6-4-3-5-15(16)13-20-17(23)18(19)7-8-18/h3-6H,2,7-14,19H2,1H3,(H,20,23). The fraction of sp³-hybridized carbons (Fsp3) is 0.611. The number of nitrogens with zero attached hydrogens (tertiary/aromatic N) is 2. The third-order valence-corrected chi connectivity index (χ3v) is 5.10. The number of carbonyl (C=O) groups is 1. The van der Waals surface area contributed by atoms with Crippen LogP contribution in [0.25, 0.3) is 0 Å². The minimum Gasteiger partial charge on any atom is -0.350 e. The number of rotatable bonds is 6. The zero-order valence-corrected chi connectivity index (χ0v) is 14.1. The molecule has 1 saturated carbocycles. The molecule has 1 saturated heterocycles. The van der Waals surface area contributed by atoms with E-state index in [1.165, 1.54) is 11.1 Å². The van der Waals surface area contributed by atoms with Crippen molar-refractivity contribution in [3.05, 3.63) is 35.4 Å². The maximum absolute atomic E-state index is 12.0. The second kappa shape index (κ2) is 6.99. The van der Waals surface area contributed by atoms with E-state index in [2.05, 4.69) is 40.2 Å². The van der Waals surface area contributed by atoms with Crippen LogP contribution in [0.4, 0.5) is 0 Å². The molecule has 0 unspecified atom stereocenters. The number of piperazine rings is 1. The van der Waals surface area contributed by atoms with E-state index >= 15 is 0 Å². The van der Waals surface area contributed by atoms with Gasteiger partial charge in [-0.25, -0.2) is 0 Å². The average Bonchev–Trinajstić information content (AvgIpc) is 3.33. The number of hydrogen-bond acceptors (Lipinski definition) is 4. The molecular weight excluding hydrogens is 288 g/mol. The smallest absolute Gasteiger partial charge is 0.240 e. The van der Waals surface area contributed by atoms with Crippen LogP contribution in [0, 0.1) is 0 Å². The van der Waals surface area contributed by atoms with Crippen molar-refractivity contribution >= 4 is 5.91 Å². The summed E-state index contributed by atoms with van der Waals surface area (Å²) in [7, 11) is 0. The van der Waals surface area contributed by atoms with Gasteiger partial charge in [0.05, 0.1) is 5.54 Å². The van der Waals surface area contributed by atoms with Crippen molar-refractivity contribution in [1.82, 2.24) is 15.1 Å². The van der Waals surface area contributed by atoms with E-state index < -0.39 is 5.54 Å². The molecule has 0 radical (unpaired) electrons. The van der Waals surface area contributed by atoms with E-state index in [-0.39, 0.29) is 5.91 Å². The molecule has 0 aromatic heterocycles. The van der Waals surface area contributed by atoms with Crippen LogP contribution in [0.15, 0.2) is 24.3 Å². The van der Waals surface area contributed by atoms with Crippen molar-refractivity contribution in [2.24, 2.45) is 5.73 Å². The Morgan fingerprint density at radius 2 is 1.74 bits per heavy atom. The number of amides is 1. The summed E-state index contributed by atoms with van der Waals surface area (Å²) in [5.41, 5.74) is 7.85. The fourth-order valence-electron chi connectivity index (χ4n) is 3.10. The summed E-state index contributed by atoms with van der Waals surface area (Å²) >= 11 is 0. The van der Waals surface area contributed by atoms with E-state index in [0.29, 0.717) is 6.54 Å². The summed E-state index contributed by atoms with van der Waals surface area (Å²) < 4.78 is 0.